The van der Waals surface area contributed by atoms with E-state index in [2.05, 4.69) is 6.58 Å². The van der Waals surface area contributed by atoms with Crippen molar-refractivity contribution in [3.8, 4) is 5.75 Å². The second-order valence-corrected chi connectivity index (χ2v) is 5.08. The van der Waals surface area contributed by atoms with Gasteiger partial charge in [-0.3, -0.25) is 0 Å². The highest BCUT2D eigenvalue weighted by atomic mass is 35.5. The summed E-state index contributed by atoms with van der Waals surface area (Å²) in [6.07, 6.45) is 3.10. The Labute approximate surface area is 133 Å². The summed E-state index contributed by atoms with van der Waals surface area (Å²) in [5, 5.41) is 0.423. The van der Waals surface area contributed by atoms with Gasteiger partial charge in [-0.15, -0.1) is 0 Å². The molecule has 0 unspecified atom stereocenters. The molecule has 0 bridgehead atoms. The third-order valence-electron chi connectivity index (χ3n) is 3.26. The Morgan fingerprint density at radius 1 is 1.18 bits per heavy atom. The van der Waals surface area contributed by atoms with Gasteiger partial charge < -0.3 is 14.4 Å². The lowest BCUT2D eigenvalue weighted by atomic mass is 10.1. The number of halogens is 3. The second kappa shape index (κ2) is 6.94. The number of nitrogens with zero attached hydrogens (tertiary/aromatic N) is 1. The van der Waals surface area contributed by atoms with Gasteiger partial charge in [0.05, 0.1) is 28.6 Å². The molecule has 2 rings (SSSR count). The van der Waals surface area contributed by atoms with Gasteiger partial charge in [0.2, 0.25) is 0 Å². The zero-order valence-corrected chi connectivity index (χ0v) is 13.1. The molecule has 0 aliphatic carbocycles. The average Bonchev–Trinajstić information content (AvgIpc) is 2.47. The predicted octanol–water partition coefficient (Wildman–Crippen LogP) is 3.91. The van der Waals surface area contributed by atoms with Gasteiger partial charge in [-0.05, 0) is 12.2 Å². The second-order valence-electron chi connectivity index (χ2n) is 4.68. The van der Waals surface area contributed by atoms with Crippen molar-refractivity contribution in [3.05, 3.63) is 58.8 Å². The molecule has 0 N–H and O–H groups in total. The lowest BCUT2D eigenvalue weighted by Crippen LogP contribution is -2.20. The summed E-state index contributed by atoms with van der Waals surface area (Å²) in [7, 11) is 3.16. The molecule has 118 valence electrons. The fraction of sp³-hybridized carbons (Fsp3) is 0.250. The Balaban J connectivity index is 2.35. The zero-order valence-electron chi connectivity index (χ0n) is 12.3. The Kier molecular flexibility index (Phi) is 5.21. The van der Waals surface area contributed by atoms with Crippen LogP contribution in [0, 0.1) is 11.6 Å². The Hall–Kier alpha value is -1.85. The average molecular weight is 328 g/mol. The molecule has 0 saturated carbocycles. The molecule has 1 aromatic carbocycles. The molecule has 1 aromatic rings. The maximum atomic E-state index is 14.3. The Morgan fingerprint density at radius 2 is 1.82 bits per heavy atom. The van der Waals surface area contributed by atoms with Crippen molar-refractivity contribution < 1.29 is 18.3 Å². The summed E-state index contributed by atoms with van der Waals surface area (Å²) in [4.78, 5) is 1.54. The number of benzene rings is 1. The summed E-state index contributed by atoms with van der Waals surface area (Å²) in [5.74, 6) is -1.32. The van der Waals surface area contributed by atoms with E-state index in [1.165, 1.54) is 12.0 Å². The van der Waals surface area contributed by atoms with Gasteiger partial charge in [-0.2, -0.15) is 0 Å². The molecule has 3 nitrogen and oxygen atoms in total. The van der Waals surface area contributed by atoms with Crippen LogP contribution in [0.25, 0.3) is 5.70 Å². The number of hydrogen-bond donors (Lipinski definition) is 0. The summed E-state index contributed by atoms with van der Waals surface area (Å²) in [6, 6.07) is 2.29. The fourth-order valence-electron chi connectivity index (χ4n) is 2.04. The van der Waals surface area contributed by atoms with Crippen LogP contribution >= 0.6 is 11.6 Å². The normalized spacial score (nSPS) is 14.8. The van der Waals surface area contributed by atoms with Crippen molar-refractivity contribution in [2.24, 2.45) is 0 Å². The van der Waals surface area contributed by atoms with E-state index in [4.69, 9.17) is 21.1 Å². The Bertz CT molecular complexity index is 633. The van der Waals surface area contributed by atoms with Crippen molar-refractivity contribution in [1.82, 2.24) is 4.90 Å². The van der Waals surface area contributed by atoms with E-state index in [0.717, 1.165) is 12.1 Å². The number of methoxy groups -OCH3 is 1. The molecule has 22 heavy (non-hydrogen) atoms. The number of allylic oxidation sites excluding steroid dienone is 3. The van der Waals surface area contributed by atoms with E-state index in [1.807, 2.05) is 0 Å². The molecule has 1 aliphatic rings. The SMILES string of the molecule is C=C1C(Cl)=CC=C(c2c(F)cc(OCCOC)cc2F)N1C. The van der Waals surface area contributed by atoms with Crippen LogP contribution < -0.4 is 4.74 Å². The van der Waals surface area contributed by atoms with Crippen LogP contribution in [0.5, 0.6) is 5.75 Å². The van der Waals surface area contributed by atoms with Crippen LogP contribution in [0.2, 0.25) is 0 Å². The maximum absolute atomic E-state index is 14.3. The zero-order chi connectivity index (χ0) is 16.3. The van der Waals surface area contributed by atoms with Crippen LogP contribution in [0.4, 0.5) is 8.78 Å². The molecule has 0 amide bonds. The van der Waals surface area contributed by atoms with E-state index in [0.29, 0.717) is 23.0 Å². The minimum Gasteiger partial charge on any atom is -0.491 e. The Morgan fingerprint density at radius 3 is 2.41 bits per heavy atom. The highest BCUT2D eigenvalue weighted by Crippen LogP contribution is 2.34. The van der Waals surface area contributed by atoms with Crippen LogP contribution in [0.3, 0.4) is 0 Å². The third kappa shape index (κ3) is 3.31. The van der Waals surface area contributed by atoms with E-state index in [9.17, 15) is 8.78 Å². The molecule has 0 atom stereocenters. The molecular formula is C16H16ClF2NO2. The van der Waals surface area contributed by atoms with E-state index in [1.54, 1.807) is 19.2 Å². The third-order valence-corrected chi connectivity index (χ3v) is 3.60. The summed E-state index contributed by atoms with van der Waals surface area (Å²) < 4.78 is 38.6. The molecule has 6 heteroatoms. The fourth-order valence-corrected chi connectivity index (χ4v) is 2.23. The van der Waals surface area contributed by atoms with Crippen LogP contribution in [0.1, 0.15) is 5.56 Å². The quantitative estimate of drug-likeness (QED) is 0.765. The lowest BCUT2D eigenvalue weighted by Gasteiger charge is -2.28. The van der Waals surface area contributed by atoms with E-state index >= 15 is 0 Å². The first-order valence-electron chi connectivity index (χ1n) is 6.57. The van der Waals surface area contributed by atoms with Gasteiger partial charge in [0.25, 0.3) is 0 Å². The number of likely N-dealkylation sites (N-methyl/N-ethyl adjacent to an activating group) is 1. The van der Waals surface area contributed by atoms with Gasteiger partial charge in [0.1, 0.15) is 24.0 Å². The van der Waals surface area contributed by atoms with Crippen molar-refractivity contribution in [2.45, 2.75) is 0 Å². The van der Waals surface area contributed by atoms with E-state index < -0.39 is 11.6 Å². The van der Waals surface area contributed by atoms with Crippen molar-refractivity contribution in [3.63, 3.8) is 0 Å². The first-order valence-corrected chi connectivity index (χ1v) is 6.95. The number of hydrogen-bond acceptors (Lipinski definition) is 3. The summed E-state index contributed by atoms with van der Waals surface area (Å²) in [5.41, 5.74) is 0.661. The van der Waals surface area contributed by atoms with Crippen LogP contribution in [-0.2, 0) is 4.74 Å². The summed E-state index contributed by atoms with van der Waals surface area (Å²) in [6.45, 7) is 4.33. The first kappa shape index (κ1) is 16.5. The predicted molar refractivity (Wildman–Crippen MR) is 82.5 cm³/mol. The molecule has 0 saturated heterocycles. The van der Waals surface area contributed by atoms with Crippen molar-refractivity contribution in [1.29, 1.82) is 0 Å². The van der Waals surface area contributed by atoms with Gasteiger partial charge in [0, 0.05) is 26.3 Å². The number of ether oxygens (including phenoxy) is 2. The largest absolute Gasteiger partial charge is 0.491 e. The highest BCUT2D eigenvalue weighted by Gasteiger charge is 2.23. The lowest BCUT2D eigenvalue weighted by molar-refractivity contribution is 0.146. The number of rotatable bonds is 5. The van der Waals surface area contributed by atoms with E-state index in [-0.39, 0.29) is 17.9 Å². The van der Waals surface area contributed by atoms with Crippen LogP contribution in [0.15, 0.2) is 41.6 Å². The molecule has 0 aromatic heterocycles. The van der Waals surface area contributed by atoms with Crippen LogP contribution in [-0.4, -0.2) is 32.3 Å². The molecule has 0 radical (unpaired) electrons. The monoisotopic (exact) mass is 327 g/mol. The van der Waals surface area contributed by atoms with Crippen molar-refractivity contribution in [2.75, 3.05) is 27.4 Å². The topological polar surface area (TPSA) is 21.7 Å². The van der Waals surface area contributed by atoms with Crippen molar-refractivity contribution >= 4 is 17.3 Å². The highest BCUT2D eigenvalue weighted by molar-refractivity contribution is 6.32. The minimum absolute atomic E-state index is 0.113. The van der Waals surface area contributed by atoms with Gasteiger partial charge in [0.15, 0.2) is 0 Å². The van der Waals surface area contributed by atoms with Gasteiger partial charge in [-0.25, -0.2) is 8.78 Å². The molecule has 1 heterocycles. The molecular weight excluding hydrogens is 312 g/mol. The summed E-state index contributed by atoms with van der Waals surface area (Å²) >= 11 is 5.95. The van der Waals surface area contributed by atoms with Gasteiger partial charge >= 0.3 is 0 Å². The molecule has 0 spiro atoms. The molecule has 0 fully saturated rings. The maximum Gasteiger partial charge on any atom is 0.139 e. The smallest absolute Gasteiger partial charge is 0.139 e. The van der Waals surface area contributed by atoms with Gasteiger partial charge in [-0.1, -0.05) is 18.2 Å². The first-order chi connectivity index (χ1) is 10.5. The standard InChI is InChI=1S/C16H16ClF2NO2/c1-10-12(17)4-5-15(20(10)2)16-13(18)8-11(9-14(16)19)22-7-6-21-3/h4-5,8-9H,1,6-7H2,2-3H3. The minimum atomic E-state index is -0.718. The molecule has 1 aliphatic heterocycles.